The molecule has 0 spiro atoms. The maximum absolute atomic E-state index is 12.7. The number of hydrogen-bond acceptors (Lipinski definition) is 6. The Kier molecular flexibility index (Phi) is 8.69. The van der Waals surface area contributed by atoms with Crippen molar-refractivity contribution >= 4 is 17.7 Å². The van der Waals surface area contributed by atoms with E-state index in [9.17, 15) is 9.90 Å². The van der Waals surface area contributed by atoms with Crippen molar-refractivity contribution in [3.63, 3.8) is 0 Å². The highest BCUT2D eigenvalue weighted by molar-refractivity contribution is 7.99. The summed E-state index contributed by atoms with van der Waals surface area (Å²) < 4.78 is 11.5. The number of ether oxygens (including phenoxy) is 2. The number of carbonyl (C=O) groups excluding carboxylic acids is 1. The van der Waals surface area contributed by atoms with E-state index in [0.717, 1.165) is 50.1 Å². The number of likely N-dealkylation sites (tertiary alicyclic amines) is 1. The summed E-state index contributed by atoms with van der Waals surface area (Å²) in [4.78, 5) is 15.0. The van der Waals surface area contributed by atoms with Gasteiger partial charge in [-0.1, -0.05) is 48.6 Å². The molecule has 1 aliphatic carbocycles. The average Bonchev–Trinajstić information content (AvgIpc) is 3.38. The van der Waals surface area contributed by atoms with Gasteiger partial charge in [-0.25, -0.2) is 0 Å². The third kappa shape index (κ3) is 7.00. The highest BCUT2D eigenvalue weighted by atomic mass is 32.2. The third-order valence-electron chi connectivity index (χ3n) is 5.93. The normalized spacial score (nSPS) is 20.1. The first-order valence-corrected chi connectivity index (χ1v) is 12.8. The van der Waals surface area contributed by atoms with Crippen LogP contribution >= 0.6 is 11.8 Å². The highest BCUT2D eigenvalue weighted by Gasteiger charge is 2.31. The van der Waals surface area contributed by atoms with Crippen molar-refractivity contribution in [1.29, 1.82) is 0 Å². The van der Waals surface area contributed by atoms with Crippen molar-refractivity contribution in [2.24, 2.45) is 0 Å². The Balaban J connectivity index is 1.35. The topological polar surface area (TPSA) is 71.0 Å². The average molecular weight is 469 g/mol. The molecule has 0 saturated carbocycles. The van der Waals surface area contributed by atoms with E-state index in [-0.39, 0.29) is 5.91 Å². The maximum atomic E-state index is 12.7. The monoisotopic (exact) mass is 468 g/mol. The van der Waals surface area contributed by atoms with Crippen LogP contribution in [-0.4, -0.2) is 53.4 Å². The molecular formula is C26H32N2O4S. The number of aliphatic hydroxyl groups excluding tert-OH is 1. The Morgan fingerprint density at radius 2 is 2.00 bits per heavy atom. The Morgan fingerprint density at radius 3 is 2.76 bits per heavy atom. The van der Waals surface area contributed by atoms with Crippen molar-refractivity contribution < 1.29 is 19.4 Å². The van der Waals surface area contributed by atoms with Gasteiger partial charge in [-0.2, -0.15) is 0 Å². The van der Waals surface area contributed by atoms with E-state index in [4.69, 9.17) is 9.47 Å². The smallest absolute Gasteiger partial charge is 0.230 e. The molecule has 2 heterocycles. The molecule has 1 fully saturated rings. The van der Waals surface area contributed by atoms with Crippen LogP contribution in [0.3, 0.4) is 0 Å². The van der Waals surface area contributed by atoms with Gasteiger partial charge in [0.15, 0.2) is 11.5 Å². The lowest BCUT2D eigenvalue weighted by atomic mass is 10.0. The first-order valence-electron chi connectivity index (χ1n) is 11.6. The number of nitrogens with zero attached hydrogens (tertiary/aromatic N) is 1. The molecule has 0 aromatic heterocycles. The minimum Gasteiger partial charge on any atom is -0.465 e. The Hall–Kier alpha value is -2.48. The van der Waals surface area contributed by atoms with Gasteiger partial charge >= 0.3 is 0 Å². The molecule has 4 rings (SSSR count). The van der Waals surface area contributed by atoms with Gasteiger partial charge in [0.2, 0.25) is 5.91 Å². The maximum Gasteiger partial charge on any atom is 0.230 e. The van der Waals surface area contributed by atoms with Crippen molar-refractivity contribution in [1.82, 2.24) is 10.2 Å². The molecule has 0 radical (unpaired) electrons. The van der Waals surface area contributed by atoms with E-state index in [1.54, 1.807) is 18.0 Å². The number of hydrogen-bond donors (Lipinski definition) is 2. The van der Waals surface area contributed by atoms with Crippen LogP contribution in [0.4, 0.5) is 0 Å². The molecule has 2 N–H and O–H groups in total. The number of carbonyl (C=O) groups is 1. The second-order valence-corrected chi connectivity index (χ2v) is 9.49. The number of thioether (sulfide) groups is 1. The fourth-order valence-electron chi connectivity index (χ4n) is 4.17. The van der Waals surface area contributed by atoms with E-state index < -0.39 is 12.1 Å². The fourth-order valence-corrected chi connectivity index (χ4v) is 4.97. The van der Waals surface area contributed by atoms with Crippen LogP contribution in [0.5, 0.6) is 0 Å². The molecular weight excluding hydrogens is 436 g/mol. The number of allylic oxidation sites excluding steroid dienone is 4. The molecule has 7 heteroatoms. The van der Waals surface area contributed by atoms with Crippen molar-refractivity contribution in [2.45, 2.75) is 43.6 Å². The zero-order chi connectivity index (χ0) is 22.9. The van der Waals surface area contributed by atoms with E-state index >= 15 is 0 Å². The molecule has 1 aromatic carbocycles. The summed E-state index contributed by atoms with van der Waals surface area (Å²) in [6.45, 7) is 2.52. The number of rotatable bonds is 10. The third-order valence-corrected chi connectivity index (χ3v) is 6.94. The zero-order valence-electron chi connectivity index (χ0n) is 18.8. The standard InChI is InChI=1S/C26H32N2O4S/c29-25(19-33-18-20-9-3-1-4-10-20)27-22(15-28-13-7-8-14-28)26(30)24-17-31-16-23(32-24)21-11-5-2-6-12-21/h1-5,9-11,16-17,22,26,30H,6-8,12-15,18-19H2,(H,27,29)/t22-,26-/m1/s1. The molecule has 1 saturated heterocycles. The van der Waals surface area contributed by atoms with Crippen molar-refractivity contribution in [3.8, 4) is 0 Å². The van der Waals surface area contributed by atoms with Gasteiger partial charge in [0.25, 0.3) is 0 Å². The molecule has 2 atom stereocenters. The van der Waals surface area contributed by atoms with Gasteiger partial charge in [0, 0.05) is 12.3 Å². The lowest BCUT2D eigenvalue weighted by molar-refractivity contribution is -0.120. The predicted octanol–water partition coefficient (Wildman–Crippen LogP) is 3.87. The second kappa shape index (κ2) is 12.1. The van der Waals surface area contributed by atoms with Gasteiger partial charge < -0.3 is 24.8 Å². The van der Waals surface area contributed by atoms with E-state index in [1.165, 1.54) is 11.8 Å². The van der Waals surface area contributed by atoms with Crippen molar-refractivity contribution in [2.75, 3.05) is 25.4 Å². The molecule has 176 valence electrons. The van der Waals surface area contributed by atoms with E-state index in [0.29, 0.717) is 23.8 Å². The van der Waals surface area contributed by atoms with Crippen LogP contribution in [-0.2, 0) is 20.0 Å². The minimum atomic E-state index is -1.00. The molecule has 3 aliphatic rings. The number of aliphatic hydroxyl groups is 1. The summed E-state index contributed by atoms with van der Waals surface area (Å²) in [6.07, 6.45) is 12.2. The minimum absolute atomic E-state index is 0.0904. The quantitative estimate of drug-likeness (QED) is 0.543. The molecule has 0 bridgehead atoms. The van der Waals surface area contributed by atoms with E-state index in [2.05, 4.69) is 28.4 Å². The predicted molar refractivity (Wildman–Crippen MR) is 131 cm³/mol. The largest absolute Gasteiger partial charge is 0.465 e. The summed E-state index contributed by atoms with van der Waals surface area (Å²) in [5.74, 6) is 1.95. The van der Waals surface area contributed by atoms with Crippen LogP contribution < -0.4 is 5.32 Å². The first kappa shape index (κ1) is 23.7. The summed E-state index contributed by atoms with van der Waals surface area (Å²) in [6, 6.07) is 9.61. The Bertz CT molecular complexity index is 919. The van der Waals surface area contributed by atoms with Crippen LogP contribution in [0.15, 0.2) is 78.2 Å². The Labute approximate surface area is 200 Å². The second-order valence-electron chi connectivity index (χ2n) is 8.50. The van der Waals surface area contributed by atoms with Gasteiger partial charge in [0.1, 0.15) is 18.6 Å². The number of nitrogens with one attached hydrogen (secondary N) is 1. The molecule has 0 unspecified atom stereocenters. The summed E-state index contributed by atoms with van der Waals surface area (Å²) in [5, 5.41) is 14.2. The molecule has 1 aromatic rings. The summed E-state index contributed by atoms with van der Waals surface area (Å²) >= 11 is 1.56. The highest BCUT2D eigenvalue weighted by Crippen LogP contribution is 2.28. The Morgan fingerprint density at radius 1 is 1.18 bits per heavy atom. The number of amides is 1. The lowest BCUT2D eigenvalue weighted by Gasteiger charge is -2.30. The van der Waals surface area contributed by atoms with Crippen LogP contribution in [0.25, 0.3) is 0 Å². The molecule has 6 nitrogen and oxygen atoms in total. The van der Waals surface area contributed by atoms with Crippen molar-refractivity contribution in [3.05, 3.63) is 83.7 Å². The van der Waals surface area contributed by atoms with Crippen LogP contribution in [0.1, 0.15) is 31.2 Å². The first-order chi connectivity index (χ1) is 16.2. The number of benzene rings is 1. The fraction of sp³-hybridized carbons (Fsp3) is 0.423. The van der Waals surface area contributed by atoms with Gasteiger partial charge in [-0.15, -0.1) is 11.8 Å². The van der Waals surface area contributed by atoms with Crippen LogP contribution in [0.2, 0.25) is 0 Å². The van der Waals surface area contributed by atoms with E-state index in [1.807, 2.05) is 30.4 Å². The van der Waals surface area contributed by atoms with Gasteiger partial charge in [-0.3, -0.25) is 4.79 Å². The van der Waals surface area contributed by atoms with Gasteiger partial charge in [-0.05, 0) is 49.9 Å². The molecule has 1 amide bonds. The summed E-state index contributed by atoms with van der Waals surface area (Å²) in [5.41, 5.74) is 2.22. The van der Waals surface area contributed by atoms with Crippen LogP contribution in [0, 0.1) is 0 Å². The summed E-state index contributed by atoms with van der Waals surface area (Å²) in [7, 11) is 0. The SMILES string of the molecule is O=C(CSCc1ccccc1)N[C@H](CN1CCCC1)[C@@H](O)C1=COC=C(C2=CC=CCC2)O1. The van der Waals surface area contributed by atoms with Gasteiger partial charge in [0.05, 0.1) is 11.8 Å². The molecule has 2 aliphatic heterocycles. The molecule has 33 heavy (non-hydrogen) atoms. The zero-order valence-corrected chi connectivity index (χ0v) is 19.6. The lowest BCUT2D eigenvalue weighted by Crippen LogP contribution is -2.51.